The van der Waals surface area contributed by atoms with Gasteiger partial charge in [0, 0.05) is 9.75 Å². The molecule has 0 fully saturated rings. The lowest BCUT2D eigenvalue weighted by Gasteiger charge is -1.86. The summed E-state index contributed by atoms with van der Waals surface area (Å²) in [6.07, 6.45) is 6.15. The van der Waals surface area contributed by atoms with Crippen LogP contribution in [0.2, 0.25) is 0 Å². The molecule has 1 nitrogen and oxygen atoms in total. The van der Waals surface area contributed by atoms with E-state index in [0.717, 1.165) is 25.8 Å². The average molecular weight is 218 g/mol. The number of thiophene rings is 2. The molecule has 0 saturated heterocycles. The average Bonchev–Trinajstić information content (AvgIpc) is 2.86. The predicted molar refractivity (Wildman–Crippen MR) is 61.0 cm³/mol. The van der Waals surface area contributed by atoms with Crippen molar-refractivity contribution in [1.29, 1.82) is 0 Å². The van der Waals surface area contributed by atoms with Crippen molar-refractivity contribution < 1.29 is 4.79 Å². The number of hydrogen-bond acceptors (Lipinski definition) is 3. The van der Waals surface area contributed by atoms with Crippen LogP contribution < -0.4 is 0 Å². The van der Waals surface area contributed by atoms with Gasteiger partial charge in [0.05, 0.1) is 9.75 Å². The van der Waals surface area contributed by atoms with Gasteiger partial charge in [-0.3, -0.25) is 4.79 Å². The van der Waals surface area contributed by atoms with Gasteiger partial charge in [-0.2, -0.15) is 0 Å². The van der Waals surface area contributed by atoms with Gasteiger partial charge in [0.15, 0.2) is 6.29 Å². The summed E-state index contributed by atoms with van der Waals surface area (Å²) < 4.78 is 0. The van der Waals surface area contributed by atoms with Gasteiger partial charge in [-0.15, -0.1) is 29.1 Å². The number of rotatable bonds is 2. The van der Waals surface area contributed by atoms with Crippen LogP contribution in [0.4, 0.5) is 0 Å². The van der Waals surface area contributed by atoms with E-state index in [1.165, 1.54) is 11.3 Å². The maximum atomic E-state index is 10.5. The van der Waals surface area contributed by atoms with E-state index in [4.69, 9.17) is 6.42 Å². The second kappa shape index (κ2) is 3.79. The van der Waals surface area contributed by atoms with E-state index in [1.807, 2.05) is 24.3 Å². The minimum Gasteiger partial charge on any atom is -0.297 e. The summed E-state index contributed by atoms with van der Waals surface area (Å²) in [6, 6.07) is 7.67. The van der Waals surface area contributed by atoms with E-state index in [1.54, 1.807) is 11.3 Å². The summed E-state index contributed by atoms with van der Waals surface area (Å²) in [5.41, 5.74) is 0. The molecule has 0 bridgehead atoms. The highest BCUT2D eigenvalue weighted by atomic mass is 32.1. The van der Waals surface area contributed by atoms with Crippen molar-refractivity contribution in [1.82, 2.24) is 0 Å². The van der Waals surface area contributed by atoms with Gasteiger partial charge in [0.2, 0.25) is 0 Å². The molecule has 0 atom stereocenters. The molecule has 0 aliphatic carbocycles. The standard InChI is InChI=1S/C11H6OS2/c1-2-8-3-5-10(13-8)11-6-4-9(7-12)14-11/h1,3-7H. The van der Waals surface area contributed by atoms with Crippen molar-refractivity contribution >= 4 is 29.0 Å². The first-order valence-electron chi connectivity index (χ1n) is 3.95. The Hall–Kier alpha value is -1.37. The van der Waals surface area contributed by atoms with Gasteiger partial charge < -0.3 is 0 Å². The summed E-state index contributed by atoms with van der Waals surface area (Å²) in [5, 5.41) is 0. The van der Waals surface area contributed by atoms with Crippen molar-refractivity contribution in [3.63, 3.8) is 0 Å². The first kappa shape index (κ1) is 9.20. The smallest absolute Gasteiger partial charge is 0.160 e. The lowest BCUT2D eigenvalue weighted by Crippen LogP contribution is -1.62. The Morgan fingerprint density at radius 3 is 2.43 bits per heavy atom. The highest BCUT2D eigenvalue weighted by Crippen LogP contribution is 2.32. The van der Waals surface area contributed by atoms with Gasteiger partial charge in [0.25, 0.3) is 0 Å². The molecule has 2 rings (SSSR count). The van der Waals surface area contributed by atoms with E-state index in [-0.39, 0.29) is 0 Å². The molecule has 0 aliphatic rings. The molecule has 0 amide bonds. The van der Waals surface area contributed by atoms with E-state index in [0.29, 0.717) is 0 Å². The second-order valence-electron chi connectivity index (χ2n) is 2.63. The molecule has 0 saturated carbocycles. The van der Waals surface area contributed by atoms with Crippen molar-refractivity contribution in [2.24, 2.45) is 0 Å². The third kappa shape index (κ3) is 1.63. The summed E-state index contributed by atoms with van der Waals surface area (Å²) >= 11 is 3.05. The van der Waals surface area contributed by atoms with Crippen molar-refractivity contribution in [2.75, 3.05) is 0 Å². The minimum absolute atomic E-state index is 0.746. The second-order valence-corrected chi connectivity index (χ2v) is 4.83. The highest BCUT2D eigenvalue weighted by Gasteiger charge is 2.04. The molecular weight excluding hydrogens is 212 g/mol. The molecule has 68 valence electrons. The third-order valence-corrected chi connectivity index (χ3v) is 3.96. The van der Waals surface area contributed by atoms with Gasteiger partial charge in [-0.25, -0.2) is 0 Å². The first-order valence-corrected chi connectivity index (χ1v) is 5.58. The number of carbonyl (C=O) groups is 1. The molecule has 3 heteroatoms. The van der Waals surface area contributed by atoms with Crippen LogP contribution in [0.25, 0.3) is 9.75 Å². The van der Waals surface area contributed by atoms with Crippen LogP contribution >= 0.6 is 22.7 Å². The lowest BCUT2D eigenvalue weighted by atomic mass is 10.3. The Morgan fingerprint density at radius 1 is 1.14 bits per heavy atom. The van der Waals surface area contributed by atoms with Crippen LogP contribution in [-0.4, -0.2) is 6.29 Å². The van der Waals surface area contributed by atoms with Gasteiger partial charge in [-0.05, 0) is 24.3 Å². The van der Waals surface area contributed by atoms with Crippen LogP contribution in [0.1, 0.15) is 14.5 Å². The molecule has 14 heavy (non-hydrogen) atoms. The number of aldehydes is 1. The predicted octanol–water partition coefficient (Wildman–Crippen LogP) is 3.27. The molecule has 0 unspecified atom stereocenters. The Kier molecular flexibility index (Phi) is 2.49. The van der Waals surface area contributed by atoms with Crippen molar-refractivity contribution in [3.8, 4) is 22.1 Å². The molecule has 0 N–H and O–H groups in total. The summed E-state index contributed by atoms with van der Waals surface area (Å²) in [4.78, 5) is 14.4. The lowest BCUT2D eigenvalue weighted by molar-refractivity contribution is 0.112. The van der Waals surface area contributed by atoms with Gasteiger partial charge in [0.1, 0.15) is 0 Å². The van der Waals surface area contributed by atoms with Crippen LogP contribution in [-0.2, 0) is 0 Å². The van der Waals surface area contributed by atoms with E-state index in [9.17, 15) is 4.79 Å². The molecule has 0 aromatic carbocycles. The zero-order chi connectivity index (χ0) is 9.97. The van der Waals surface area contributed by atoms with Crippen LogP contribution in [0, 0.1) is 12.3 Å². The maximum Gasteiger partial charge on any atom is 0.160 e. The zero-order valence-corrected chi connectivity index (χ0v) is 8.82. The maximum absolute atomic E-state index is 10.5. The van der Waals surface area contributed by atoms with Crippen LogP contribution in [0.15, 0.2) is 24.3 Å². The van der Waals surface area contributed by atoms with E-state index < -0.39 is 0 Å². The Bertz CT molecular complexity index is 499. The molecule has 2 aromatic rings. The minimum atomic E-state index is 0.746. The summed E-state index contributed by atoms with van der Waals surface area (Å²) in [5.74, 6) is 2.59. The normalized spacial score (nSPS) is 9.64. The topological polar surface area (TPSA) is 17.1 Å². The zero-order valence-electron chi connectivity index (χ0n) is 7.19. The van der Waals surface area contributed by atoms with E-state index >= 15 is 0 Å². The largest absolute Gasteiger partial charge is 0.297 e. The fraction of sp³-hybridized carbons (Fsp3) is 0. The molecule has 2 heterocycles. The highest BCUT2D eigenvalue weighted by molar-refractivity contribution is 7.23. The van der Waals surface area contributed by atoms with Gasteiger partial charge >= 0.3 is 0 Å². The Morgan fingerprint density at radius 2 is 1.86 bits per heavy atom. The quantitative estimate of drug-likeness (QED) is 0.558. The van der Waals surface area contributed by atoms with Gasteiger partial charge in [-0.1, -0.05) is 5.92 Å². The molecule has 0 radical (unpaired) electrons. The monoisotopic (exact) mass is 218 g/mol. The number of carbonyl (C=O) groups excluding carboxylic acids is 1. The molecule has 0 spiro atoms. The molecule has 2 aromatic heterocycles. The third-order valence-electron chi connectivity index (χ3n) is 1.73. The Labute approximate surface area is 90.0 Å². The van der Waals surface area contributed by atoms with Crippen LogP contribution in [0.5, 0.6) is 0 Å². The number of terminal acetylenes is 1. The first-order chi connectivity index (χ1) is 6.83. The summed E-state index contributed by atoms with van der Waals surface area (Å²) in [6.45, 7) is 0. The molecular formula is C11H6OS2. The van der Waals surface area contributed by atoms with E-state index in [2.05, 4.69) is 5.92 Å². The number of hydrogen-bond donors (Lipinski definition) is 0. The van der Waals surface area contributed by atoms with Crippen LogP contribution in [0.3, 0.4) is 0 Å². The fourth-order valence-electron chi connectivity index (χ4n) is 1.10. The van der Waals surface area contributed by atoms with Crippen molar-refractivity contribution in [2.45, 2.75) is 0 Å². The summed E-state index contributed by atoms with van der Waals surface area (Å²) in [7, 11) is 0. The Balaban J connectivity index is 2.39. The SMILES string of the molecule is C#Cc1ccc(-c2ccc(C=O)s2)s1. The molecule has 0 aliphatic heterocycles. The fourth-order valence-corrected chi connectivity index (χ4v) is 2.83. The van der Waals surface area contributed by atoms with Crippen molar-refractivity contribution in [3.05, 3.63) is 34.0 Å².